The van der Waals surface area contributed by atoms with Crippen molar-refractivity contribution in [1.82, 2.24) is 20.2 Å². The summed E-state index contributed by atoms with van der Waals surface area (Å²) < 4.78 is 5.34. The molecular weight excluding hydrogens is 306 g/mol. The summed E-state index contributed by atoms with van der Waals surface area (Å²) in [4.78, 5) is 25.6. The van der Waals surface area contributed by atoms with E-state index in [1.807, 2.05) is 6.92 Å². The van der Waals surface area contributed by atoms with E-state index in [0.29, 0.717) is 37.0 Å². The molecule has 0 saturated carbocycles. The van der Waals surface area contributed by atoms with Crippen LogP contribution in [0.3, 0.4) is 0 Å². The van der Waals surface area contributed by atoms with Gasteiger partial charge in [0.1, 0.15) is 0 Å². The highest BCUT2D eigenvalue weighted by molar-refractivity contribution is 5.94. The number of ether oxygens (including phenoxy) is 1. The fourth-order valence-electron chi connectivity index (χ4n) is 2.73. The number of aryl methyl sites for hydroxylation is 1. The lowest BCUT2D eigenvalue weighted by atomic mass is 10.2. The number of nitrogens with one attached hydrogen (secondary N) is 1. The molecule has 1 N–H and O–H groups in total. The van der Waals surface area contributed by atoms with Crippen LogP contribution in [-0.4, -0.2) is 73.3 Å². The molecule has 1 fully saturated rings. The minimum Gasteiger partial charge on any atom is -0.378 e. The summed E-state index contributed by atoms with van der Waals surface area (Å²) in [5.74, 6) is 0.578. The summed E-state index contributed by atoms with van der Waals surface area (Å²) in [6.45, 7) is 12.9. The number of morpholine rings is 1. The van der Waals surface area contributed by atoms with Gasteiger partial charge in [0.15, 0.2) is 0 Å². The topological polar surface area (TPSA) is 70.6 Å². The van der Waals surface area contributed by atoms with E-state index in [-0.39, 0.29) is 5.91 Å². The molecule has 134 valence electrons. The van der Waals surface area contributed by atoms with E-state index in [0.717, 1.165) is 39.1 Å². The van der Waals surface area contributed by atoms with Gasteiger partial charge in [-0.05, 0) is 33.0 Å². The number of carbonyl (C=O) groups is 1. The van der Waals surface area contributed by atoms with Gasteiger partial charge in [0.05, 0.1) is 24.5 Å². The number of hydrogen-bond acceptors (Lipinski definition) is 6. The Balaban J connectivity index is 1.85. The molecule has 0 unspecified atom stereocenters. The van der Waals surface area contributed by atoms with E-state index >= 15 is 0 Å². The van der Waals surface area contributed by atoms with Gasteiger partial charge in [0, 0.05) is 25.8 Å². The predicted molar refractivity (Wildman–Crippen MR) is 94.5 cm³/mol. The number of aromatic nitrogens is 2. The SMILES string of the molecule is CCN(CC)CCCNC(=O)c1cnc(N2CCOCC2)nc1C. The van der Waals surface area contributed by atoms with Gasteiger partial charge in [-0.1, -0.05) is 13.8 Å². The molecule has 24 heavy (non-hydrogen) atoms. The molecule has 1 aromatic rings. The molecule has 1 aromatic heterocycles. The number of anilines is 1. The third kappa shape index (κ3) is 5.14. The molecule has 0 radical (unpaired) electrons. The largest absolute Gasteiger partial charge is 0.378 e. The average molecular weight is 335 g/mol. The molecule has 1 saturated heterocycles. The first-order chi connectivity index (χ1) is 11.7. The van der Waals surface area contributed by atoms with Crippen molar-refractivity contribution in [3.63, 3.8) is 0 Å². The first-order valence-corrected chi connectivity index (χ1v) is 8.82. The third-order valence-electron chi connectivity index (χ3n) is 4.34. The second-order valence-electron chi connectivity index (χ2n) is 5.90. The summed E-state index contributed by atoms with van der Waals surface area (Å²) in [7, 11) is 0. The van der Waals surface area contributed by atoms with E-state index in [1.54, 1.807) is 6.20 Å². The van der Waals surface area contributed by atoms with Crippen molar-refractivity contribution in [2.45, 2.75) is 27.2 Å². The number of nitrogens with zero attached hydrogens (tertiary/aromatic N) is 4. The highest BCUT2D eigenvalue weighted by Gasteiger charge is 2.17. The first-order valence-electron chi connectivity index (χ1n) is 8.82. The summed E-state index contributed by atoms with van der Waals surface area (Å²) in [6, 6.07) is 0. The molecule has 7 heteroatoms. The second-order valence-corrected chi connectivity index (χ2v) is 5.90. The Kier molecular flexibility index (Phi) is 7.39. The minimum atomic E-state index is -0.0967. The molecule has 0 bridgehead atoms. The van der Waals surface area contributed by atoms with Crippen molar-refractivity contribution >= 4 is 11.9 Å². The number of carbonyl (C=O) groups excluding carboxylic acids is 1. The fourth-order valence-corrected chi connectivity index (χ4v) is 2.73. The first kappa shape index (κ1) is 18.6. The van der Waals surface area contributed by atoms with Gasteiger partial charge in [0.2, 0.25) is 5.95 Å². The molecule has 0 atom stereocenters. The Morgan fingerprint density at radius 2 is 2.04 bits per heavy atom. The van der Waals surface area contributed by atoms with Crippen molar-refractivity contribution in [2.75, 3.05) is 57.4 Å². The van der Waals surface area contributed by atoms with Crippen LogP contribution in [0.2, 0.25) is 0 Å². The van der Waals surface area contributed by atoms with Crippen LogP contribution in [0.15, 0.2) is 6.20 Å². The third-order valence-corrected chi connectivity index (χ3v) is 4.34. The summed E-state index contributed by atoms with van der Waals surface area (Å²) in [5.41, 5.74) is 1.27. The summed E-state index contributed by atoms with van der Waals surface area (Å²) >= 11 is 0. The molecule has 0 spiro atoms. The number of rotatable bonds is 8. The van der Waals surface area contributed by atoms with Crippen molar-refractivity contribution in [2.24, 2.45) is 0 Å². The predicted octanol–water partition coefficient (Wildman–Crippen LogP) is 1.08. The molecule has 1 aliphatic rings. The molecule has 0 aromatic carbocycles. The van der Waals surface area contributed by atoms with E-state index in [2.05, 4.69) is 38.9 Å². The van der Waals surface area contributed by atoms with Crippen molar-refractivity contribution < 1.29 is 9.53 Å². The van der Waals surface area contributed by atoms with E-state index < -0.39 is 0 Å². The van der Waals surface area contributed by atoms with Crippen LogP contribution < -0.4 is 10.2 Å². The second kappa shape index (κ2) is 9.54. The highest BCUT2D eigenvalue weighted by atomic mass is 16.5. The van der Waals surface area contributed by atoms with Crippen LogP contribution in [0, 0.1) is 6.92 Å². The average Bonchev–Trinajstić information content (AvgIpc) is 2.62. The molecule has 0 aliphatic carbocycles. The van der Waals surface area contributed by atoms with E-state index in [4.69, 9.17) is 4.74 Å². The smallest absolute Gasteiger partial charge is 0.254 e. The maximum absolute atomic E-state index is 12.3. The van der Waals surface area contributed by atoms with Crippen LogP contribution in [0.4, 0.5) is 5.95 Å². The van der Waals surface area contributed by atoms with E-state index in [1.165, 1.54) is 0 Å². The minimum absolute atomic E-state index is 0.0967. The van der Waals surface area contributed by atoms with Gasteiger partial charge < -0.3 is 19.9 Å². The van der Waals surface area contributed by atoms with Crippen LogP contribution >= 0.6 is 0 Å². The quantitative estimate of drug-likeness (QED) is 0.717. The van der Waals surface area contributed by atoms with Gasteiger partial charge in [-0.15, -0.1) is 0 Å². The standard InChI is InChI=1S/C17H29N5O2/c1-4-21(5-2)8-6-7-18-16(23)15-13-19-17(20-14(15)3)22-9-11-24-12-10-22/h13H,4-12H2,1-3H3,(H,18,23). The Hall–Kier alpha value is -1.73. The van der Waals surface area contributed by atoms with Crippen molar-refractivity contribution in [3.05, 3.63) is 17.5 Å². The normalized spacial score (nSPS) is 14.9. The lowest BCUT2D eigenvalue weighted by Gasteiger charge is -2.27. The molecule has 1 amide bonds. The molecule has 2 rings (SSSR count). The Morgan fingerprint density at radius 1 is 1.33 bits per heavy atom. The monoisotopic (exact) mass is 335 g/mol. The zero-order chi connectivity index (χ0) is 17.4. The van der Waals surface area contributed by atoms with Crippen molar-refractivity contribution in [3.8, 4) is 0 Å². The Labute approximate surface area is 144 Å². The van der Waals surface area contributed by atoms with Gasteiger partial charge in [0.25, 0.3) is 5.91 Å². The lowest BCUT2D eigenvalue weighted by molar-refractivity contribution is 0.0950. The molecule has 1 aliphatic heterocycles. The Morgan fingerprint density at radius 3 is 2.67 bits per heavy atom. The van der Waals surface area contributed by atoms with Gasteiger partial charge >= 0.3 is 0 Å². The number of hydrogen-bond donors (Lipinski definition) is 1. The zero-order valence-electron chi connectivity index (χ0n) is 15.0. The van der Waals surface area contributed by atoms with Crippen LogP contribution in [0.25, 0.3) is 0 Å². The molecule has 2 heterocycles. The van der Waals surface area contributed by atoms with Crippen molar-refractivity contribution in [1.29, 1.82) is 0 Å². The maximum atomic E-state index is 12.3. The van der Waals surface area contributed by atoms with Gasteiger partial charge in [-0.3, -0.25) is 4.79 Å². The summed E-state index contributed by atoms with van der Waals surface area (Å²) in [5, 5.41) is 2.96. The molecular formula is C17H29N5O2. The number of amides is 1. The van der Waals surface area contributed by atoms with E-state index in [9.17, 15) is 4.79 Å². The molecule has 7 nitrogen and oxygen atoms in total. The summed E-state index contributed by atoms with van der Waals surface area (Å²) in [6.07, 6.45) is 2.58. The highest BCUT2D eigenvalue weighted by Crippen LogP contribution is 2.12. The maximum Gasteiger partial charge on any atom is 0.254 e. The van der Waals surface area contributed by atoms with Crippen LogP contribution in [-0.2, 0) is 4.74 Å². The fraction of sp³-hybridized carbons (Fsp3) is 0.706. The van der Waals surface area contributed by atoms with Gasteiger partial charge in [-0.25, -0.2) is 9.97 Å². The van der Waals surface area contributed by atoms with Gasteiger partial charge in [-0.2, -0.15) is 0 Å². The Bertz CT molecular complexity index is 528. The lowest BCUT2D eigenvalue weighted by Crippen LogP contribution is -2.37. The zero-order valence-corrected chi connectivity index (χ0v) is 15.0. The van der Waals surface area contributed by atoms with Crippen LogP contribution in [0.5, 0.6) is 0 Å². The van der Waals surface area contributed by atoms with Crippen LogP contribution in [0.1, 0.15) is 36.3 Å².